The zero-order valence-electron chi connectivity index (χ0n) is 17.2. The highest BCUT2D eigenvalue weighted by Gasteiger charge is 2.05. The Kier molecular flexibility index (Phi) is 7.86. The van der Waals surface area contributed by atoms with E-state index in [1.165, 1.54) is 0 Å². The molecule has 154 valence electrons. The van der Waals surface area contributed by atoms with Crippen molar-refractivity contribution in [2.45, 2.75) is 32.3 Å². The van der Waals surface area contributed by atoms with Gasteiger partial charge >= 0.3 is 0 Å². The molecule has 0 saturated heterocycles. The monoisotopic (exact) mass is 401 g/mol. The number of aliphatic hydroxyl groups is 1. The van der Waals surface area contributed by atoms with Gasteiger partial charge in [-0.3, -0.25) is 0 Å². The summed E-state index contributed by atoms with van der Waals surface area (Å²) in [5.41, 5.74) is 3.87. The van der Waals surface area contributed by atoms with Gasteiger partial charge in [-0.05, 0) is 49.4 Å². The van der Waals surface area contributed by atoms with Gasteiger partial charge < -0.3 is 9.84 Å². The van der Waals surface area contributed by atoms with Gasteiger partial charge in [0, 0.05) is 18.0 Å². The minimum atomic E-state index is -0.224. The molecule has 1 N–H and O–H groups in total. The lowest BCUT2D eigenvalue weighted by atomic mass is 10.1. The summed E-state index contributed by atoms with van der Waals surface area (Å²) in [5, 5.41) is 9.28. The Morgan fingerprint density at radius 3 is 2.40 bits per heavy atom. The Balaban J connectivity index is 1.60. The van der Waals surface area contributed by atoms with Crippen molar-refractivity contribution >= 4 is 6.08 Å². The molecule has 2 heterocycles. The van der Waals surface area contributed by atoms with Crippen LogP contribution in [0.4, 0.5) is 0 Å². The average molecular weight is 402 g/mol. The third-order valence-corrected chi connectivity index (χ3v) is 4.53. The number of allylic oxidation sites excluding steroid dienone is 1. The van der Waals surface area contributed by atoms with Crippen LogP contribution in [0.3, 0.4) is 0 Å². The van der Waals surface area contributed by atoms with Gasteiger partial charge in [-0.15, -0.1) is 0 Å². The van der Waals surface area contributed by atoms with Gasteiger partial charge in [0.05, 0.1) is 12.3 Å². The molecule has 0 bridgehead atoms. The van der Waals surface area contributed by atoms with Crippen LogP contribution in [-0.2, 0) is 0 Å². The number of aromatic nitrogens is 3. The summed E-state index contributed by atoms with van der Waals surface area (Å²) in [7, 11) is 0. The third-order valence-electron chi connectivity index (χ3n) is 4.53. The standard InChI is InChI=1S/C25H27N3O2/c1-3-15-30-23-13-14-24(26-18-23)25-27-16-22(17-28-25)21-11-9-20(10-12-21)8-6-4-5-7-19(2)29/h3,6,8-14,16-19,29H,1,4-5,7,15H2,2H3/b8-6+. The SMILES string of the molecule is C=CCOc1ccc(-c2ncc(-c3ccc(/C=C/CCCC(C)O)cc3)cn2)nc1. The summed E-state index contributed by atoms with van der Waals surface area (Å²) in [6.45, 7) is 5.90. The molecule has 30 heavy (non-hydrogen) atoms. The van der Waals surface area contributed by atoms with Gasteiger partial charge in [0.25, 0.3) is 0 Å². The molecule has 1 unspecified atom stereocenters. The molecule has 5 nitrogen and oxygen atoms in total. The van der Waals surface area contributed by atoms with E-state index in [2.05, 4.69) is 57.9 Å². The molecule has 0 radical (unpaired) electrons. The van der Waals surface area contributed by atoms with Crippen molar-refractivity contribution in [1.82, 2.24) is 15.0 Å². The molecule has 3 aromatic rings. The van der Waals surface area contributed by atoms with Crippen molar-refractivity contribution in [2.75, 3.05) is 6.61 Å². The molecular weight excluding hydrogens is 374 g/mol. The highest BCUT2D eigenvalue weighted by Crippen LogP contribution is 2.21. The number of hydrogen-bond donors (Lipinski definition) is 1. The van der Waals surface area contributed by atoms with Gasteiger partial charge in [-0.1, -0.05) is 49.1 Å². The van der Waals surface area contributed by atoms with E-state index in [4.69, 9.17) is 4.74 Å². The fourth-order valence-corrected chi connectivity index (χ4v) is 2.90. The van der Waals surface area contributed by atoms with Crippen LogP contribution in [0.1, 0.15) is 31.7 Å². The predicted molar refractivity (Wildman–Crippen MR) is 121 cm³/mol. The fourth-order valence-electron chi connectivity index (χ4n) is 2.90. The highest BCUT2D eigenvalue weighted by atomic mass is 16.5. The number of unbranched alkanes of at least 4 members (excludes halogenated alkanes) is 1. The van der Waals surface area contributed by atoms with Crippen LogP contribution in [0.2, 0.25) is 0 Å². The molecule has 1 aromatic carbocycles. The van der Waals surface area contributed by atoms with Crippen LogP contribution in [0.15, 0.2) is 73.7 Å². The number of nitrogens with zero attached hydrogens (tertiary/aromatic N) is 3. The highest BCUT2D eigenvalue weighted by molar-refractivity contribution is 5.65. The Bertz CT molecular complexity index is 947. The first-order chi connectivity index (χ1) is 14.7. The Morgan fingerprint density at radius 1 is 1.00 bits per heavy atom. The van der Waals surface area contributed by atoms with E-state index in [1.54, 1.807) is 12.3 Å². The Hall–Kier alpha value is -3.31. The minimum absolute atomic E-state index is 0.224. The lowest BCUT2D eigenvalue weighted by molar-refractivity contribution is 0.182. The second-order valence-corrected chi connectivity index (χ2v) is 7.08. The summed E-state index contributed by atoms with van der Waals surface area (Å²) in [4.78, 5) is 13.3. The van der Waals surface area contributed by atoms with E-state index in [0.717, 1.165) is 36.0 Å². The lowest BCUT2D eigenvalue weighted by Crippen LogP contribution is -1.97. The van der Waals surface area contributed by atoms with Crippen molar-refractivity contribution in [2.24, 2.45) is 0 Å². The molecule has 0 saturated carbocycles. The van der Waals surface area contributed by atoms with Crippen LogP contribution < -0.4 is 4.74 Å². The summed E-state index contributed by atoms with van der Waals surface area (Å²) < 4.78 is 5.44. The van der Waals surface area contributed by atoms with E-state index >= 15 is 0 Å². The van der Waals surface area contributed by atoms with Crippen molar-refractivity contribution in [1.29, 1.82) is 0 Å². The predicted octanol–water partition coefficient (Wildman–Crippen LogP) is 5.33. The summed E-state index contributed by atoms with van der Waals surface area (Å²) >= 11 is 0. The molecule has 0 aliphatic carbocycles. The van der Waals surface area contributed by atoms with E-state index in [-0.39, 0.29) is 6.10 Å². The summed E-state index contributed by atoms with van der Waals surface area (Å²) in [6.07, 6.45) is 13.8. The quantitative estimate of drug-likeness (QED) is 0.367. The number of rotatable bonds is 10. The number of pyridine rings is 1. The van der Waals surface area contributed by atoms with Gasteiger partial charge in [0.1, 0.15) is 18.1 Å². The van der Waals surface area contributed by atoms with Crippen LogP contribution in [0.5, 0.6) is 5.75 Å². The zero-order valence-corrected chi connectivity index (χ0v) is 17.2. The first-order valence-electron chi connectivity index (χ1n) is 10.1. The Morgan fingerprint density at radius 2 is 1.77 bits per heavy atom. The third kappa shape index (κ3) is 6.36. The number of hydrogen-bond acceptors (Lipinski definition) is 5. The van der Waals surface area contributed by atoms with Crippen LogP contribution in [-0.4, -0.2) is 32.8 Å². The number of aliphatic hydroxyl groups excluding tert-OH is 1. The topological polar surface area (TPSA) is 68.1 Å². The van der Waals surface area contributed by atoms with Gasteiger partial charge in [-0.25, -0.2) is 15.0 Å². The summed E-state index contributed by atoms with van der Waals surface area (Å²) in [5.74, 6) is 1.26. The van der Waals surface area contributed by atoms with Crippen LogP contribution in [0.25, 0.3) is 28.7 Å². The van der Waals surface area contributed by atoms with E-state index in [0.29, 0.717) is 23.9 Å². The molecule has 0 fully saturated rings. The molecule has 0 aliphatic rings. The molecule has 3 rings (SSSR count). The smallest absolute Gasteiger partial charge is 0.178 e. The second-order valence-electron chi connectivity index (χ2n) is 7.08. The van der Waals surface area contributed by atoms with Gasteiger partial charge in [-0.2, -0.15) is 0 Å². The normalized spacial score (nSPS) is 12.1. The maximum absolute atomic E-state index is 9.28. The van der Waals surface area contributed by atoms with E-state index in [9.17, 15) is 5.11 Å². The van der Waals surface area contributed by atoms with Gasteiger partial charge in [0.2, 0.25) is 0 Å². The van der Waals surface area contributed by atoms with Crippen LogP contribution >= 0.6 is 0 Å². The largest absolute Gasteiger partial charge is 0.488 e. The molecule has 2 aromatic heterocycles. The van der Waals surface area contributed by atoms with Crippen LogP contribution in [0, 0.1) is 0 Å². The first-order valence-corrected chi connectivity index (χ1v) is 10.1. The zero-order chi connectivity index (χ0) is 21.2. The maximum Gasteiger partial charge on any atom is 0.178 e. The molecular formula is C25H27N3O2. The van der Waals surface area contributed by atoms with Gasteiger partial charge in [0.15, 0.2) is 5.82 Å². The molecule has 0 amide bonds. The summed E-state index contributed by atoms with van der Waals surface area (Å²) in [6, 6.07) is 12.0. The molecule has 0 spiro atoms. The Labute approximate surface area is 177 Å². The van der Waals surface area contributed by atoms with E-state index < -0.39 is 0 Å². The molecule has 5 heteroatoms. The van der Waals surface area contributed by atoms with Crippen molar-refractivity contribution < 1.29 is 9.84 Å². The second kappa shape index (κ2) is 11.0. The average Bonchev–Trinajstić information content (AvgIpc) is 2.78. The van der Waals surface area contributed by atoms with Crippen molar-refractivity contribution in [3.05, 3.63) is 79.3 Å². The molecule has 0 aliphatic heterocycles. The number of benzene rings is 1. The van der Waals surface area contributed by atoms with Crippen molar-refractivity contribution in [3.8, 4) is 28.4 Å². The maximum atomic E-state index is 9.28. The first kappa shape index (κ1) is 21.4. The number of ether oxygens (including phenoxy) is 1. The van der Waals surface area contributed by atoms with E-state index in [1.807, 2.05) is 31.5 Å². The fraction of sp³-hybridized carbons (Fsp3) is 0.240. The molecule has 1 atom stereocenters. The van der Waals surface area contributed by atoms with Crippen molar-refractivity contribution in [3.63, 3.8) is 0 Å². The lowest BCUT2D eigenvalue weighted by Gasteiger charge is -2.05. The minimum Gasteiger partial charge on any atom is -0.488 e.